The number of fused-ring (bicyclic) bond motifs is 2. The summed E-state index contributed by atoms with van der Waals surface area (Å²) in [5, 5.41) is 1.05. The first-order valence-corrected chi connectivity index (χ1v) is 10.3. The number of H-pyrrole nitrogens is 1. The molecule has 1 radical (unpaired) electrons. The van der Waals surface area contributed by atoms with Crippen LogP contribution in [0.5, 0.6) is 0 Å². The standard InChI is InChI=1S/C20H20BBrN3O2/c22-14-5-6-18-13(7-14)9-19(27-18)15-10-23-20(24-15)17-8-12-3-1-2-4-16(12)25(17)21-11-26/h5-7,9-12,16-17H,1-4,8H2,(H,23,24)/t12?,16?,17-/m0/s1. The van der Waals surface area contributed by atoms with Gasteiger partial charge in [0.25, 0.3) is 7.41 Å². The van der Waals surface area contributed by atoms with Crippen molar-refractivity contribution >= 4 is 40.5 Å². The Labute approximate surface area is 166 Å². The maximum atomic E-state index is 11.2. The molecule has 1 saturated carbocycles. The average molecular weight is 425 g/mol. The number of halogens is 1. The predicted octanol–water partition coefficient (Wildman–Crippen LogP) is 4.70. The van der Waals surface area contributed by atoms with Crippen molar-refractivity contribution < 1.29 is 9.21 Å². The summed E-state index contributed by atoms with van der Waals surface area (Å²) in [6.45, 7) is 0. The Balaban J connectivity index is 1.45. The van der Waals surface area contributed by atoms with E-state index in [1.54, 1.807) is 7.41 Å². The van der Waals surface area contributed by atoms with E-state index in [4.69, 9.17) is 4.42 Å². The number of hydrogen-bond donors (Lipinski definition) is 1. The van der Waals surface area contributed by atoms with E-state index >= 15 is 0 Å². The van der Waals surface area contributed by atoms with Crippen LogP contribution in [0.2, 0.25) is 0 Å². The number of benzene rings is 1. The molecule has 27 heavy (non-hydrogen) atoms. The summed E-state index contributed by atoms with van der Waals surface area (Å²) < 4.78 is 7.01. The van der Waals surface area contributed by atoms with Crippen LogP contribution in [0.25, 0.3) is 22.4 Å². The molecule has 1 aliphatic carbocycles. The highest BCUT2D eigenvalue weighted by atomic mass is 79.9. The minimum Gasteiger partial charge on any atom is -0.454 e. The van der Waals surface area contributed by atoms with E-state index < -0.39 is 0 Å². The minimum atomic E-state index is 0.135. The Morgan fingerprint density at radius 3 is 3.07 bits per heavy atom. The summed E-state index contributed by atoms with van der Waals surface area (Å²) in [5.74, 6) is 2.35. The molecule has 0 amide bonds. The van der Waals surface area contributed by atoms with Gasteiger partial charge in [0.2, 0.25) is 0 Å². The van der Waals surface area contributed by atoms with Gasteiger partial charge in [-0.1, -0.05) is 28.8 Å². The molecule has 1 N–H and O–H groups in total. The summed E-state index contributed by atoms with van der Waals surface area (Å²) in [6.07, 6.45) is 8.74. The summed E-state index contributed by atoms with van der Waals surface area (Å²) in [7, 11) is 1.71. The summed E-state index contributed by atoms with van der Waals surface area (Å²) in [4.78, 5) is 21.6. The minimum absolute atomic E-state index is 0.135. The van der Waals surface area contributed by atoms with Crippen LogP contribution in [0, 0.1) is 5.92 Å². The first-order valence-electron chi connectivity index (χ1n) is 9.53. The number of carbonyl (C=O) groups excluding carboxylic acids is 1. The number of furan rings is 1. The summed E-state index contributed by atoms with van der Waals surface area (Å²) in [6, 6.07) is 8.61. The molecule has 0 bridgehead atoms. The van der Waals surface area contributed by atoms with Gasteiger partial charge in [-0.3, -0.25) is 0 Å². The Hall–Kier alpha value is -1.86. The molecule has 7 heteroatoms. The van der Waals surface area contributed by atoms with Crippen molar-refractivity contribution in [3.63, 3.8) is 0 Å². The topological polar surface area (TPSA) is 62.1 Å². The van der Waals surface area contributed by atoms with Crippen molar-refractivity contribution in [1.29, 1.82) is 0 Å². The summed E-state index contributed by atoms with van der Waals surface area (Å²) in [5.41, 5.74) is 1.73. The van der Waals surface area contributed by atoms with Gasteiger partial charge in [0, 0.05) is 15.9 Å². The van der Waals surface area contributed by atoms with Gasteiger partial charge in [0.1, 0.15) is 17.1 Å². The Morgan fingerprint density at radius 1 is 1.30 bits per heavy atom. The third kappa shape index (κ3) is 3.07. The second-order valence-electron chi connectivity index (χ2n) is 7.57. The van der Waals surface area contributed by atoms with Crippen molar-refractivity contribution in [1.82, 2.24) is 14.8 Å². The van der Waals surface area contributed by atoms with Gasteiger partial charge in [-0.15, -0.1) is 0 Å². The highest BCUT2D eigenvalue weighted by Crippen LogP contribution is 2.45. The fraction of sp³-hybridized carbons (Fsp3) is 0.400. The summed E-state index contributed by atoms with van der Waals surface area (Å²) >= 11 is 3.50. The monoisotopic (exact) mass is 424 g/mol. The molecule has 137 valence electrons. The van der Waals surface area contributed by atoms with E-state index in [2.05, 4.69) is 30.7 Å². The van der Waals surface area contributed by atoms with E-state index in [-0.39, 0.29) is 6.04 Å². The molecule has 1 aliphatic heterocycles. The molecule has 1 aromatic carbocycles. The first-order chi connectivity index (χ1) is 13.2. The largest absolute Gasteiger partial charge is 0.454 e. The van der Waals surface area contributed by atoms with Gasteiger partial charge in [0.15, 0.2) is 5.76 Å². The van der Waals surface area contributed by atoms with Crippen LogP contribution in [0.3, 0.4) is 0 Å². The highest BCUT2D eigenvalue weighted by Gasteiger charge is 2.43. The molecular weight excluding hydrogens is 405 g/mol. The number of nitrogens with zero attached hydrogens (tertiary/aromatic N) is 2. The zero-order valence-electron chi connectivity index (χ0n) is 14.9. The molecule has 2 aliphatic rings. The SMILES string of the molecule is O=C[B]N1C2CCCCC2C[C@H]1c1ncc(-c2cc3cc(Br)ccc3o2)[nH]1. The van der Waals surface area contributed by atoms with Crippen LogP contribution in [0.1, 0.15) is 44.0 Å². The first kappa shape index (κ1) is 17.3. The molecule has 2 unspecified atom stereocenters. The molecule has 5 rings (SSSR count). The van der Waals surface area contributed by atoms with Gasteiger partial charge in [-0.2, -0.15) is 0 Å². The van der Waals surface area contributed by atoms with Crippen molar-refractivity contribution in [3.05, 3.63) is 40.8 Å². The molecule has 2 aromatic heterocycles. The number of aromatic nitrogens is 2. The zero-order valence-corrected chi connectivity index (χ0v) is 16.5. The molecule has 2 fully saturated rings. The fourth-order valence-corrected chi connectivity index (χ4v) is 5.19. The lowest BCUT2D eigenvalue weighted by molar-refractivity contribution is 0.248. The lowest BCUT2D eigenvalue weighted by Gasteiger charge is -2.32. The molecule has 3 atom stereocenters. The van der Waals surface area contributed by atoms with Gasteiger partial charge < -0.3 is 19.0 Å². The van der Waals surface area contributed by atoms with E-state index in [0.717, 1.165) is 51.7 Å². The highest BCUT2D eigenvalue weighted by molar-refractivity contribution is 9.10. The maximum Gasteiger partial charge on any atom is 0.294 e. The molecule has 1 saturated heterocycles. The maximum absolute atomic E-state index is 11.2. The second kappa shape index (κ2) is 6.95. The number of nitrogens with one attached hydrogen (secondary N) is 1. The van der Waals surface area contributed by atoms with Gasteiger partial charge in [0.05, 0.1) is 18.4 Å². The van der Waals surface area contributed by atoms with Gasteiger partial charge in [-0.25, -0.2) is 4.98 Å². The quantitative estimate of drug-likeness (QED) is 0.487. The normalized spacial score (nSPS) is 25.6. The third-order valence-corrected chi connectivity index (χ3v) is 6.52. The zero-order chi connectivity index (χ0) is 18.4. The number of imidazole rings is 1. The number of hydrogen-bond acceptors (Lipinski definition) is 4. The van der Waals surface area contributed by atoms with E-state index in [9.17, 15) is 4.79 Å². The average Bonchev–Trinajstić information content (AvgIpc) is 3.38. The van der Waals surface area contributed by atoms with E-state index in [1.807, 2.05) is 30.5 Å². The van der Waals surface area contributed by atoms with Crippen molar-refractivity contribution in [3.8, 4) is 11.5 Å². The number of rotatable bonds is 4. The number of carbonyl (C=O) groups is 1. The molecule has 0 spiro atoms. The number of aromatic amines is 1. The Morgan fingerprint density at radius 2 is 2.19 bits per heavy atom. The fourth-order valence-electron chi connectivity index (χ4n) is 4.81. The van der Waals surface area contributed by atoms with Crippen LogP contribution < -0.4 is 0 Å². The van der Waals surface area contributed by atoms with Crippen LogP contribution in [-0.2, 0) is 4.79 Å². The van der Waals surface area contributed by atoms with Crippen LogP contribution in [0.4, 0.5) is 0 Å². The smallest absolute Gasteiger partial charge is 0.294 e. The van der Waals surface area contributed by atoms with Crippen LogP contribution in [-0.4, -0.2) is 34.4 Å². The van der Waals surface area contributed by atoms with E-state index in [0.29, 0.717) is 12.0 Å². The molecule has 5 nitrogen and oxygen atoms in total. The Bertz CT molecular complexity index is 985. The van der Waals surface area contributed by atoms with Crippen LogP contribution in [0.15, 0.2) is 39.4 Å². The predicted molar refractivity (Wildman–Crippen MR) is 109 cm³/mol. The molecule has 3 heterocycles. The van der Waals surface area contributed by atoms with Crippen molar-refractivity contribution in [2.45, 2.75) is 44.2 Å². The lowest BCUT2D eigenvalue weighted by Crippen LogP contribution is -2.39. The lowest BCUT2D eigenvalue weighted by atomic mass is 9.82. The van der Waals surface area contributed by atoms with E-state index in [1.165, 1.54) is 19.3 Å². The second-order valence-corrected chi connectivity index (χ2v) is 8.49. The molecule has 3 aromatic rings. The molecular formula is C20H20BBrN3O2. The van der Waals surface area contributed by atoms with Gasteiger partial charge in [-0.05, 0) is 49.4 Å². The Kier molecular flexibility index (Phi) is 4.44. The van der Waals surface area contributed by atoms with Crippen molar-refractivity contribution in [2.24, 2.45) is 5.92 Å². The van der Waals surface area contributed by atoms with Gasteiger partial charge >= 0.3 is 0 Å². The van der Waals surface area contributed by atoms with Crippen LogP contribution >= 0.6 is 15.9 Å². The third-order valence-electron chi connectivity index (χ3n) is 6.03. The van der Waals surface area contributed by atoms with Crippen molar-refractivity contribution in [2.75, 3.05) is 0 Å².